The fourth-order valence-electron chi connectivity index (χ4n) is 2.50. The molecular weight excluding hydrogens is 368 g/mol. The van der Waals surface area contributed by atoms with E-state index < -0.39 is 15.9 Å². The van der Waals surface area contributed by atoms with E-state index in [2.05, 4.69) is 5.32 Å². The lowest BCUT2D eigenvalue weighted by atomic mass is 10.2. The van der Waals surface area contributed by atoms with Crippen molar-refractivity contribution in [2.75, 3.05) is 31.6 Å². The Bertz CT molecular complexity index is 888. The second-order valence-electron chi connectivity index (χ2n) is 5.55. The molecule has 7 nitrogen and oxygen atoms in total. The number of furan rings is 1. The molecule has 2 heterocycles. The number of morpholine rings is 1. The highest BCUT2D eigenvalue weighted by molar-refractivity contribution is 7.89. The lowest BCUT2D eigenvalue weighted by molar-refractivity contribution is 0.0730. The third kappa shape index (κ3) is 3.72. The summed E-state index contributed by atoms with van der Waals surface area (Å²) in [5.74, 6) is -0.285. The molecule has 1 aromatic carbocycles. The van der Waals surface area contributed by atoms with Gasteiger partial charge in [-0.1, -0.05) is 11.6 Å². The fraction of sp³-hybridized carbons (Fsp3) is 0.312. The van der Waals surface area contributed by atoms with Crippen LogP contribution in [0.1, 0.15) is 16.1 Å². The maximum Gasteiger partial charge on any atom is 0.291 e. The summed E-state index contributed by atoms with van der Waals surface area (Å²) in [4.78, 5) is 12.2. The Kier molecular flexibility index (Phi) is 5.14. The highest BCUT2D eigenvalue weighted by atomic mass is 35.5. The summed E-state index contributed by atoms with van der Waals surface area (Å²) in [6.45, 7) is 2.95. The Morgan fingerprint density at radius 2 is 1.96 bits per heavy atom. The molecule has 25 heavy (non-hydrogen) atoms. The molecule has 1 aliphatic rings. The van der Waals surface area contributed by atoms with Crippen LogP contribution in [0.5, 0.6) is 0 Å². The van der Waals surface area contributed by atoms with Gasteiger partial charge < -0.3 is 14.5 Å². The van der Waals surface area contributed by atoms with E-state index >= 15 is 0 Å². The molecule has 1 aliphatic heterocycles. The van der Waals surface area contributed by atoms with E-state index in [0.717, 1.165) is 0 Å². The summed E-state index contributed by atoms with van der Waals surface area (Å²) < 4.78 is 37.2. The predicted octanol–water partition coefficient (Wildman–Crippen LogP) is 2.51. The fourth-order valence-corrected chi connectivity index (χ4v) is 4.41. The number of carbonyl (C=O) groups is 1. The van der Waals surface area contributed by atoms with Gasteiger partial charge >= 0.3 is 0 Å². The first-order valence-corrected chi connectivity index (χ1v) is 9.44. The zero-order valence-electron chi connectivity index (χ0n) is 13.5. The first-order chi connectivity index (χ1) is 11.9. The zero-order chi connectivity index (χ0) is 18.0. The second-order valence-corrected chi connectivity index (χ2v) is 7.86. The van der Waals surface area contributed by atoms with Gasteiger partial charge in [-0.25, -0.2) is 8.42 Å². The maximum absolute atomic E-state index is 12.8. The van der Waals surface area contributed by atoms with Crippen molar-refractivity contribution in [3.05, 3.63) is 46.9 Å². The molecule has 0 aliphatic carbocycles. The number of benzene rings is 1. The number of anilines is 1. The van der Waals surface area contributed by atoms with Crippen LogP contribution < -0.4 is 5.32 Å². The van der Waals surface area contributed by atoms with Crippen molar-refractivity contribution in [2.24, 2.45) is 0 Å². The molecule has 0 saturated carbocycles. The van der Waals surface area contributed by atoms with Gasteiger partial charge in [-0.05, 0) is 31.2 Å². The molecule has 0 unspecified atom stereocenters. The van der Waals surface area contributed by atoms with Crippen LogP contribution >= 0.6 is 11.6 Å². The van der Waals surface area contributed by atoms with Crippen molar-refractivity contribution < 1.29 is 22.4 Å². The van der Waals surface area contributed by atoms with Crippen molar-refractivity contribution in [1.82, 2.24) is 4.31 Å². The summed E-state index contributed by atoms with van der Waals surface area (Å²) in [5.41, 5.74) is 1.00. The van der Waals surface area contributed by atoms with E-state index in [1.165, 1.54) is 28.8 Å². The third-order valence-corrected chi connectivity index (χ3v) is 6.23. The van der Waals surface area contributed by atoms with Gasteiger partial charge in [-0.3, -0.25) is 4.79 Å². The Labute approximate surface area is 150 Å². The minimum absolute atomic E-state index is 0.0509. The summed E-state index contributed by atoms with van der Waals surface area (Å²) in [7, 11) is -3.77. The predicted molar refractivity (Wildman–Crippen MR) is 92.4 cm³/mol. The van der Waals surface area contributed by atoms with E-state index in [0.29, 0.717) is 24.5 Å². The van der Waals surface area contributed by atoms with Crippen LogP contribution in [-0.4, -0.2) is 44.9 Å². The first kappa shape index (κ1) is 17.9. The topological polar surface area (TPSA) is 88.8 Å². The molecule has 0 atom stereocenters. The molecule has 1 saturated heterocycles. The van der Waals surface area contributed by atoms with Crippen molar-refractivity contribution in [2.45, 2.75) is 11.8 Å². The molecule has 2 aromatic rings. The first-order valence-electron chi connectivity index (χ1n) is 7.62. The van der Waals surface area contributed by atoms with Crippen LogP contribution in [0.4, 0.5) is 5.69 Å². The smallest absolute Gasteiger partial charge is 0.291 e. The van der Waals surface area contributed by atoms with E-state index in [1.54, 1.807) is 13.0 Å². The van der Waals surface area contributed by atoms with E-state index in [1.807, 2.05) is 0 Å². The zero-order valence-corrected chi connectivity index (χ0v) is 15.1. The molecule has 3 rings (SSSR count). The summed E-state index contributed by atoms with van der Waals surface area (Å²) >= 11 is 6.09. The van der Waals surface area contributed by atoms with Gasteiger partial charge in [0.2, 0.25) is 10.0 Å². The van der Waals surface area contributed by atoms with Crippen molar-refractivity contribution in [1.29, 1.82) is 0 Å². The number of nitrogens with one attached hydrogen (secondary N) is 1. The van der Waals surface area contributed by atoms with Crippen molar-refractivity contribution >= 4 is 33.2 Å². The minimum Gasteiger partial charge on any atom is -0.459 e. The van der Waals surface area contributed by atoms with Crippen molar-refractivity contribution in [3.63, 3.8) is 0 Å². The molecule has 1 aromatic heterocycles. The standard InChI is InChI=1S/C16H17ClN2O5S/c1-11-4-7-24-15(11)16(20)18-12-2-3-13(17)14(10-12)25(21,22)19-5-8-23-9-6-19/h2-4,7,10H,5-6,8-9H2,1H3,(H,18,20). The Morgan fingerprint density at radius 3 is 2.60 bits per heavy atom. The van der Waals surface area contributed by atoms with Gasteiger partial charge in [0, 0.05) is 24.3 Å². The number of hydrogen-bond donors (Lipinski definition) is 1. The second kappa shape index (κ2) is 7.17. The maximum atomic E-state index is 12.8. The number of aryl methyl sites for hydroxylation is 1. The average Bonchev–Trinajstić information content (AvgIpc) is 3.03. The quantitative estimate of drug-likeness (QED) is 0.874. The highest BCUT2D eigenvalue weighted by Crippen LogP contribution is 2.28. The normalized spacial score (nSPS) is 15.9. The van der Waals surface area contributed by atoms with Crippen LogP contribution in [-0.2, 0) is 14.8 Å². The lowest BCUT2D eigenvalue weighted by Gasteiger charge is -2.26. The van der Waals surface area contributed by atoms with E-state index in [-0.39, 0.29) is 28.8 Å². The van der Waals surface area contributed by atoms with Crippen LogP contribution in [0.25, 0.3) is 0 Å². The Morgan fingerprint density at radius 1 is 1.24 bits per heavy atom. The lowest BCUT2D eigenvalue weighted by Crippen LogP contribution is -2.40. The molecular formula is C16H17ClN2O5S. The van der Waals surface area contributed by atoms with Gasteiger partial charge in [-0.15, -0.1) is 0 Å². The SMILES string of the molecule is Cc1ccoc1C(=O)Nc1ccc(Cl)c(S(=O)(=O)N2CCOCC2)c1. The van der Waals surface area contributed by atoms with E-state index in [9.17, 15) is 13.2 Å². The molecule has 134 valence electrons. The van der Waals surface area contributed by atoms with Gasteiger partial charge in [-0.2, -0.15) is 4.31 Å². The van der Waals surface area contributed by atoms with Crippen LogP contribution in [0.15, 0.2) is 39.8 Å². The molecule has 1 fully saturated rings. The molecule has 1 amide bonds. The number of nitrogens with zero attached hydrogens (tertiary/aromatic N) is 1. The van der Waals surface area contributed by atoms with Crippen molar-refractivity contribution in [3.8, 4) is 0 Å². The number of sulfonamides is 1. The van der Waals surface area contributed by atoms with Crippen LogP contribution in [0.3, 0.4) is 0 Å². The van der Waals surface area contributed by atoms with Gasteiger partial charge in [0.25, 0.3) is 5.91 Å². The number of rotatable bonds is 4. The summed E-state index contributed by atoms with van der Waals surface area (Å²) in [6.07, 6.45) is 1.42. The molecule has 9 heteroatoms. The minimum atomic E-state index is -3.77. The number of amides is 1. The molecule has 1 N–H and O–H groups in total. The van der Waals surface area contributed by atoms with Crippen LogP contribution in [0, 0.1) is 6.92 Å². The number of ether oxygens (including phenoxy) is 1. The monoisotopic (exact) mass is 384 g/mol. The number of hydrogen-bond acceptors (Lipinski definition) is 5. The number of halogens is 1. The Hall–Kier alpha value is -1.87. The van der Waals surface area contributed by atoms with Gasteiger partial charge in [0.1, 0.15) is 4.90 Å². The summed E-state index contributed by atoms with van der Waals surface area (Å²) in [6, 6.07) is 6.00. The average molecular weight is 385 g/mol. The molecule has 0 bridgehead atoms. The highest BCUT2D eigenvalue weighted by Gasteiger charge is 2.28. The molecule has 0 spiro atoms. The Balaban J connectivity index is 1.88. The third-order valence-electron chi connectivity index (χ3n) is 3.85. The summed E-state index contributed by atoms with van der Waals surface area (Å²) in [5, 5.41) is 2.72. The van der Waals surface area contributed by atoms with Crippen LogP contribution in [0.2, 0.25) is 5.02 Å². The van der Waals surface area contributed by atoms with E-state index in [4.69, 9.17) is 20.8 Å². The van der Waals surface area contributed by atoms with Gasteiger partial charge in [0.05, 0.1) is 24.5 Å². The van der Waals surface area contributed by atoms with Gasteiger partial charge in [0.15, 0.2) is 5.76 Å². The number of carbonyl (C=O) groups excluding carboxylic acids is 1. The molecule has 0 radical (unpaired) electrons. The largest absolute Gasteiger partial charge is 0.459 e.